The van der Waals surface area contributed by atoms with Gasteiger partial charge in [-0.25, -0.2) is 9.97 Å². The molecule has 0 unspecified atom stereocenters. The van der Waals surface area contributed by atoms with Crippen molar-refractivity contribution in [1.29, 1.82) is 0 Å². The highest BCUT2D eigenvalue weighted by molar-refractivity contribution is 6.30. The van der Waals surface area contributed by atoms with Crippen molar-refractivity contribution in [3.63, 3.8) is 0 Å². The van der Waals surface area contributed by atoms with Gasteiger partial charge in [0.1, 0.15) is 0 Å². The third-order valence-corrected chi connectivity index (χ3v) is 5.78. The Morgan fingerprint density at radius 1 is 0.966 bits per heavy atom. The van der Waals surface area contributed by atoms with Gasteiger partial charge in [-0.3, -0.25) is 9.59 Å². The molecule has 29 heavy (non-hydrogen) atoms. The third-order valence-electron chi connectivity index (χ3n) is 5.53. The van der Waals surface area contributed by atoms with E-state index in [0.29, 0.717) is 34.8 Å². The van der Waals surface area contributed by atoms with Crippen LogP contribution in [0.2, 0.25) is 5.02 Å². The zero-order valence-corrected chi connectivity index (χ0v) is 17.2. The van der Waals surface area contributed by atoms with E-state index in [1.807, 2.05) is 19.9 Å². The molecule has 1 atom stereocenters. The number of fused-ring (bicyclic) bond motifs is 1. The largest absolute Gasteiger partial charge is 0.338 e. The fraction of sp³-hybridized carbons (Fsp3) is 0.304. The quantitative estimate of drug-likeness (QED) is 0.593. The van der Waals surface area contributed by atoms with Crippen LogP contribution in [0.4, 0.5) is 0 Å². The summed E-state index contributed by atoms with van der Waals surface area (Å²) < 4.78 is 0. The molecule has 3 aromatic rings. The van der Waals surface area contributed by atoms with Crippen molar-refractivity contribution >= 4 is 34.3 Å². The second kappa shape index (κ2) is 7.91. The van der Waals surface area contributed by atoms with E-state index in [0.717, 1.165) is 29.7 Å². The molecule has 5 nitrogen and oxygen atoms in total. The third kappa shape index (κ3) is 4.01. The lowest BCUT2D eigenvalue weighted by molar-refractivity contribution is 0.0637. The lowest BCUT2D eigenvalue weighted by Crippen LogP contribution is -2.42. The highest BCUT2D eigenvalue weighted by Crippen LogP contribution is 2.24. The maximum absolute atomic E-state index is 13.1. The molecule has 4 rings (SSSR count). The van der Waals surface area contributed by atoms with Crippen molar-refractivity contribution in [3.8, 4) is 0 Å². The Balaban J connectivity index is 1.54. The highest BCUT2D eigenvalue weighted by atomic mass is 35.5. The molecule has 1 amide bonds. The molecule has 0 radical (unpaired) electrons. The van der Waals surface area contributed by atoms with Crippen molar-refractivity contribution in [3.05, 3.63) is 70.0 Å². The average Bonchev–Trinajstić information content (AvgIpc) is 2.74. The molecule has 1 aliphatic rings. The van der Waals surface area contributed by atoms with Crippen molar-refractivity contribution in [1.82, 2.24) is 14.9 Å². The van der Waals surface area contributed by atoms with Crippen molar-refractivity contribution in [2.75, 3.05) is 13.1 Å². The number of aromatic nitrogens is 2. The Bertz CT molecular complexity index is 1100. The molecule has 2 heterocycles. The summed E-state index contributed by atoms with van der Waals surface area (Å²) in [6.45, 7) is 4.91. The Kier molecular flexibility index (Phi) is 5.33. The minimum Gasteiger partial charge on any atom is -0.338 e. The summed E-state index contributed by atoms with van der Waals surface area (Å²) in [4.78, 5) is 36.8. The molecule has 0 spiro atoms. The smallest absolute Gasteiger partial charge is 0.253 e. The number of ketones is 1. The van der Waals surface area contributed by atoms with Gasteiger partial charge in [0.05, 0.1) is 22.4 Å². The molecule has 0 N–H and O–H groups in total. The first-order valence-electron chi connectivity index (χ1n) is 9.76. The molecular formula is C23H22ClN3O2. The van der Waals surface area contributed by atoms with Gasteiger partial charge in [0.2, 0.25) is 0 Å². The standard InChI is InChI=1S/C23H22ClN3O2/c1-14-15(2)26-21-12-17(7-10-20(21)25-14)23(29)27-11-3-4-18(13-27)22(28)16-5-8-19(24)9-6-16/h5-10,12,18H,3-4,11,13H2,1-2H3/t18-/m0/s1. The molecule has 6 heteroatoms. The minimum absolute atomic E-state index is 0.0645. The van der Waals surface area contributed by atoms with Gasteiger partial charge in [0, 0.05) is 35.2 Å². The van der Waals surface area contributed by atoms with Gasteiger partial charge in [-0.15, -0.1) is 0 Å². The normalized spacial score (nSPS) is 16.8. The lowest BCUT2D eigenvalue weighted by atomic mass is 9.89. The molecule has 0 bridgehead atoms. The predicted octanol–water partition coefficient (Wildman–Crippen LogP) is 4.64. The van der Waals surface area contributed by atoms with Crippen molar-refractivity contribution in [2.24, 2.45) is 5.92 Å². The minimum atomic E-state index is -0.195. The van der Waals surface area contributed by atoms with E-state index in [1.165, 1.54) is 0 Å². The van der Waals surface area contributed by atoms with Crippen LogP contribution in [0.5, 0.6) is 0 Å². The van der Waals surface area contributed by atoms with E-state index in [2.05, 4.69) is 9.97 Å². The van der Waals surface area contributed by atoms with Crippen molar-refractivity contribution in [2.45, 2.75) is 26.7 Å². The summed E-state index contributed by atoms with van der Waals surface area (Å²) in [6.07, 6.45) is 1.59. The first-order chi connectivity index (χ1) is 13.9. The number of piperidine rings is 1. The van der Waals surface area contributed by atoms with Gasteiger partial charge in [0.15, 0.2) is 5.78 Å². The molecule has 1 saturated heterocycles. The number of aryl methyl sites for hydroxylation is 2. The molecule has 0 saturated carbocycles. The van der Waals surface area contributed by atoms with E-state index < -0.39 is 0 Å². The average molecular weight is 408 g/mol. The number of carbonyl (C=O) groups excluding carboxylic acids is 2. The summed E-state index contributed by atoms with van der Waals surface area (Å²) in [5.74, 6) is -0.200. The fourth-order valence-electron chi connectivity index (χ4n) is 3.77. The summed E-state index contributed by atoms with van der Waals surface area (Å²) in [6, 6.07) is 12.4. The molecule has 1 aromatic heterocycles. The van der Waals surface area contributed by atoms with Crippen LogP contribution in [0.25, 0.3) is 11.0 Å². The fourth-order valence-corrected chi connectivity index (χ4v) is 3.90. The number of hydrogen-bond donors (Lipinski definition) is 0. The number of Topliss-reactive ketones (excluding diaryl/α,β-unsaturated/α-hetero) is 1. The van der Waals surface area contributed by atoms with Crippen LogP contribution in [-0.2, 0) is 0 Å². The number of carbonyl (C=O) groups is 2. The molecule has 1 aliphatic heterocycles. The molecule has 0 aliphatic carbocycles. The second-order valence-corrected chi connectivity index (χ2v) is 8.00. The number of hydrogen-bond acceptors (Lipinski definition) is 4. The Hall–Kier alpha value is -2.79. The lowest BCUT2D eigenvalue weighted by Gasteiger charge is -2.32. The molecular weight excluding hydrogens is 386 g/mol. The summed E-state index contributed by atoms with van der Waals surface area (Å²) in [5, 5.41) is 0.604. The predicted molar refractivity (Wildman–Crippen MR) is 113 cm³/mol. The van der Waals surface area contributed by atoms with Gasteiger partial charge < -0.3 is 4.90 Å². The van der Waals surface area contributed by atoms with Crippen LogP contribution in [0.1, 0.15) is 44.9 Å². The summed E-state index contributed by atoms with van der Waals surface area (Å²) >= 11 is 5.92. The Morgan fingerprint density at radius 2 is 1.62 bits per heavy atom. The molecule has 2 aromatic carbocycles. The number of rotatable bonds is 3. The Labute approximate surface area is 174 Å². The van der Waals surface area contributed by atoms with E-state index in [9.17, 15) is 9.59 Å². The zero-order valence-electron chi connectivity index (χ0n) is 16.5. The zero-order chi connectivity index (χ0) is 20.5. The van der Waals surface area contributed by atoms with Gasteiger partial charge >= 0.3 is 0 Å². The first-order valence-corrected chi connectivity index (χ1v) is 10.1. The van der Waals surface area contributed by atoms with E-state index in [-0.39, 0.29) is 17.6 Å². The van der Waals surface area contributed by atoms with E-state index in [4.69, 9.17) is 11.6 Å². The van der Waals surface area contributed by atoms with Crippen LogP contribution in [0.3, 0.4) is 0 Å². The summed E-state index contributed by atoms with van der Waals surface area (Å²) in [7, 11) is 0. The number of amides is 1. The highest BCUT2D eigenvalue weighted by Gasteiger charge is 2.29. The van der Waals surface area contributed by atoms with Gasteiger partial charge in [0.25, 0.3) is 5.91 Å². The summed E-state index contributed by atoms with van der Waals surface area (Å²) in [5.41, 5.74) is 4.45. The Morgan fingerprint density at radius 3 is 2.34 bits per heavy atom. The number of nitrogens with zero attached hydrogens (tertiary/aromatic N) is 3. The first kappa shape index (κ1) is 19.5. The van der Waals surface area contributed by atoms with E-state index >= 15 is 0 Å². The number of likely N-dealkylation sites (tertiary alicyclic amines) is 1. The van der Waals surface area contributed by atoms with Crippen LogP contribution >= 0.6 is 11.6 Å². The van der Waals surface area contributed by atoms with Gasteiger partial charge in [-0.2, -0.15) is 0 Å². The number of halogens is 1. The van der Waals surface area contributed by atoms with E-state index in [1.54, 1.807) is 41.3 Å². The van der Waals surface area contributed by atoms with Gasteiger partial charge in [-0.05, 0) is 69.2 Å². The number of benzene rings is 2. The van der Waals surface area contributed by atoms with Crippen LogP contribution in [-0.4, -0.2) is 39.6 Å². The molecule has 148 valence electrons. The van der Waals surface area contributed by atoms with Crippen LogP contribution < -0.4 is 0 Å². The van der Waals surface area contributed by atoms with Gasteiger partial charge in [-0.1, -0.05) is 11.6 Å². The maximum atomic E-state index is 13.1. The topological polar surface area (TPSA) is 63.2 Å². The monoisotopic (exact) mass is 407 g/mol. The SMILES string of the molecule is Cc1nc2ccc(C(=O)N3CCC[C@H](C(=O)c4ccc(Cl)cc4)C3)cc2nc1C. The molecule has 1 fully saturated rings. The van der Waals surface area contributed by atoms with Crippen LogP contribution in [0, 0.1) is 19.8 Å². The van der Waals surface area contributed by atoms with Crippen LogP contribution in [0.15, 0.2) is 42.5 Å². The van der Waals surface area contributed by atoms with Crippen molar-refractivity contribution < 1.29 is 9.59 Å². The second-order valence-electron chi connectivity index (χ2n) is 7.56. The maximum Gasteiger partial charge on any atom is 0.253 e.